The fraction of sp³-hybridized carbons (Fsp3) is 0.600. The molecule has 0 saturated carbocycles. The third-order valence-corrected chi connectivity index (χ3v) is 4.45. The standard InChI is InChI=1S/C5H7.BrH.Mg/c1-2-4-5-3-1;;/h1H,2,4-5H2;1H;/q;;+1/p-1. The highest BCUT2D eigenvalue weighted by atomic mass is 79.9. The van der Waals surface area contributed by atoms with E-state index in [2.05, 4.69) is 19.0 Å². The van der Waals surface area contributed by atoms with Gasteiger partial charge < -0.3 is 0 Å². The van der Waals surface area contributed by atoms with Crippen LogP contribution in [0.1, 0.15) is 19.3 Å². The Balaban J connectivity index is 2.36. The number of rotatable bonds is 1. The van der Waals surface area contributed by atoms with Crippen molar-refractivity contribution in [3.63, 3.8) is 0 Å². The van der Waals surface area contributed by atoms with Gasteiger partial charge in [0.15, 0.2) is 0 Å². The van der Waals surface area contributed by atoms with Crippen LogP contribution in [-0.4, -0.2) is 18.2 Å². The molecule has 0 aliphatic heterocycles. The molecular weight excluding hydrogens is 164 g/mol. The van der Waals surface area contributed by atoms with Crippen LogP contribution in [0, 0.1) is 0 Å². The maximum atomic E-state index is 3.55. The molecule has 0 heterocycles. The normalized spacial score (nSPS) is 18.7. The third-order valence-electron chi connectivity index (χ3n) is 1.31. The number of halogens is 1. The van der Waals surface area contributed by atoms with Crippen LogP contribution in [0.4, 0.5) is 0 Å². The Hall–Kier alpha value is 0.986. The zero-order chi connectivity index (χ0) is 5.11. The van der Waals surface area contributed by atoms with Crippen LogP contribution in [0.5, 0.6) is 0 Å². The first kappa shape index (κ1) is 6.11. The molecule has 0 unspecified atom stereocenters. The van der Waals surface area contributed by atoms with Crippen LogP contribution in [0.3, 0.4) is 0 Å². The summed E-state index contributed by atoms with van der Waals surface area (Å²) in [7, 11) is 0. The van der Waals surface area contributed by atoms with Crippen LogP contribution < -0.4 is 0 Å². The van der Waals surface area contributed by atoms with E-state index in [1.54, 1.807) is 3.70 Å². The predicted molar refractivity (Wildman–Crippen MR) is 36.6 cm³/mol. The summed E-state index contributed by atoms with van der Waals surface area (Å²) in [6.07, 6.45) is 6.53. The van der Waals surface area contributed by atoms with Gasteiger partial charge in [-0.05, 0) is 12.8 Å². The lowest BCUT2D eigenvalue weighted by atomic mass is 10.4. The Morgan fingerprint density at radius 3 is 2.86 bits per heavy atom. The Bertz CT molecular complexity index is 88.1. The van der Waals surface area contributed by atoms with Crippen molar-refractivity contribution in [2.24, 2.45) is 0 Å². The molecule has 2 heteroatoms. The predicted octanol–water partition coefficient (Wildman–Crippen LogP) is 2.07. The molecule has 0 bridgehead atoms. The summed E-state index contributed by atoms with van der Waals surface area (Å²) in [5.74, 6) is 0. The molecule has 0 atom stereocenters. The van der Waals surface area contributed by atoms with Gasteiger partial charge >= 0.3 is 18.2 Å². The van der Waals surface area contributed by atoms with E-state index < -0.39 is 0 Å². The summed E-state index contributed by atoms with van der Waals surface area (Å²) in [5, 5.41) is 0. The minimum atomic E-state index is 0.0640. The Kier molecular flexibility index (Phi) is 2.71. The summed E-state index contributed by atoms with van der Waals surface area (Å²) in [6, 6.07) is 0. The lowest BCUT2D eigenvalue weighted by Crippen LogP contribution is -1.79. The first-order chi connectivity index (χ1) is 3.43. The monoisotopic (exact) mass is 170 g/mol. The molecule has 1 aliphatic carbocycles. The fourth-order valence-electron chi connectivity index (χ4n) is 0.859. The lowest BCUT2D eigenvalue weighted by Gasteiger charge is -1.85. The van der Waals surface area contributed by atoms with E-state index in [4.69, 9.17) is 0 Å². The third kappa shape index (κ3) is 1.74. The first-order valence-corrected chi connectivity index (χ1v) is 7.28. The number of hydrogen-bond acceptors (Lipinski definition) is 0. The van der Waals surface area contributed by atoms with Crippen LogP contribution in [-0.2, 0) is 0 Å². The van der Waals surface area contributed by atoms with Crippen molar-refractivity contribution in [3.8, 4) is 0 Å². The van der Waals surface area contributed by atoms with E-state index in [0.29, 0.717) is 0 Å². The zero-order valence-electron chi connectivity index (χ0n) is 4.28. The Labute approximate surface area is 60.0 Å². The highest BCUT2D eigenvalue weighted by molar-refractivity contribution is 9.23. The molecule has 1 rings (SSSR count). The minimum absolute atomic E-state index is 0.0640. The molecule has 0 spiro atoms. The minimum Gasteiger partial charge on any atom is -0.297 e. The summed E-state index contributed by atoms with van der Waals surface area (Å²) in [5.41, 5.74) is 0. The molecule has 7 heavy (non-hydrogen) atoms. The second kappa shape index (κ2) is 3.10. The van der Waals surface area contributed by atoms with Gasteiger partial charge in [0.05, 0.1) is 0 Å². The van der Waals surface area contributed by atoms with Crippen molar-refractivity contribution in [2.45, 2.75) is 19.3 Å². The van der Waals surface area contributed by atoms with E-state index in [1.165, 1.54) is 19.3 Å². The summed E-state index contributed by atoms with van der Waals surface area (Å²) in [4.78, 5) is 0. The quantitative estimate of drug-likeness (QED) is 0.530. The smallest absolute Gasteiger partial charge is 0.297 e. The highest BCUT2D eigenvalue weighted by Crippen LogP contribution is 2.16. The fourth-order valence-corrected chi connectivity index (χ4v) is 3.08. The van der Waals surface area contributed by atoms with Gasteiger partial charge in [-0.3, -0.25) is 12.9 Å². The van der Waals surface area contributed by atoms with Gasteiger partial charge in [0, 0.05) is 0 Å². The summed E-state index contributed by atoms with van der Waals surface area (Å²) < 4.78 is 1.72. The molecule has 0 N–H and O–H groups in total. The van der Waals surface area contributed by atoms with Gasteiger partial charge in [-0.25, -0.2) is 0 Å². The molecule has 0 fully saturated rings. The molecule has 0 aromatic heterocycles. The molecule has 0 radical (unpaired) electrons. The van der Waals surface area contributed by atoms with E-state index in [1.807, 2.05) is 0 Å². The van der Waals surface area contributed by atoms with Crippen molar-refractivity contribution >= 4 is 31.1 Å². The summed E-state index contributed by atoms with van der Waals surface area (Å²) >= 11 is 3.61. The molecule has 0 nitrogen and oxygen atoms in total. The molecule has 0 aromatic carbocycles. The SMILES string of the molecule is [Br][Mg][C]1=CCCC1. The molecule has 36 valence electrons. The average Bonchev–Trinajstić information content (AvgIpc) is 2.14. The number of allylic oxidation sites excluding steroid dienone is 2. The maximum Gasteiger partial charge on any atom is 0.501 e. The molecule has 0 saturated heterocycles. The van der Waals surface area contributed by atoms with Gasteiger partial charge in [0.25, 0.3) is 0 Å². The largest absolute Gasteiger partial charge is 0.501 e. The van der Waals surface area contributed by atoms with Gasteiger partial charge in [0.1, 0.15) is 0 Å². The molecule has 0 amide bonds. The van der Waals surface area contributed by atoms with Crippen molar-refractivity contribution < 1.29 is 0 Å². The average molecular weight is 171 g/mol. The van der Waals surface area contributed by atoms with Crippen molar-refractivity contribution in [3.05, 3.63) is 9.78 Å². The maximum absolute atomic E-state index is 3.55. The molecule has 0 aromatic rings. The molecular formula is C5H7BrMg. The number of hydrogen-bond donors (Lipinski definition) is 0. The van der Waals surface area contributed by atoms with E-state index in [9.17, 15) is 0 Å². The van der Waals surface area contributed by atoms with Crippen LogP contribution in [0.2, 0.25) is 0 Å². The highest BCUT2D eigenvalue weighted by Gasteiger charge is 2.02. The first-order valence-electron chi connectivity index (χ1n) is 2.67. The molecule has 1 aliphatic rings. The second-order valence-electron chi connectivity index (χ2n) is 1.89. The van der Waals surface area contributed by atoms with Gasteiger partial charge in [-0.2, -0.15) is 3.70 Å². The van der Waals surface area contributed by atoms with Crippen molar-refractivity contribution in [2.75, 3.05) is 0 Å². The zero-order valence-corrected chi connectivity index (χ0v) is 7.28. The van der Waals surface area contributed by atoms with Crippen LogP contribution in [0.25, 0.3) is 0 Å². The van der Waals surface area contributed by atoms with Crippen molar-refractivity contribution in [1.29, 1.82) is 0 Å². The van der Waals surface area contributed by atoms with Crippen LogP contribution in [0.15, 0.2) is 9.78 Å². The van der Waals surface area contributed by atoms with E-state index >= 15 is 0 Å². The van der Waals surface area contributed by atoms with E-state index in [0.717, 1.165) is 0 Å². The Morgan fingerprint density at radius 2 is 2.57 bits per heavy atom. The van der Waals surface area contributed by atoms with Gasteiger partial charge in [0.2, 0.25) is 0 Å². The topological polar surface area (TPSA) is 0 Å². The Morgan fingerprint density at radius 1 is 1.71 bits per heavy atom. The summed E-state index contributed by atoms with van der Waals surface area (Å²) in [6.45, 7) is 0. The lowest BCUT2D eigenvalue weighted by molar-refractivity contribution is 0.924. The van der Waals surface area contributed by atoms with E-state index in [-0.39, 0.29) is 18.2 Å². The van der Waals surface area contributed by atoms with Crippen LogP contribution >= 0.6 is 12.9 Å². The van der Waals surface area contributed by atoms with Gasteiger partial charge in [-0.15, -0.1) is 6.08 Å². The second-order valence-corrected chi connectivity index (χ2v) is 4.75. The van der Waals surface area contributed by atoms with Crippen molar-refractivity contribution in [1.82, 2.24) is 0 Å². The van der Waals surface area contributed by atoms with Gasteiger partial charge in [-0.1, -0.05) is 6.42 Å².